The van der Waals surface area contributed by atoms with Crippen LogP contribution < -0.4 is 4.74 Å². The molecule has 3 aromatic rings. The molecule has 0 unspecified atom stereocenters. The Bertz CT molecular complexity index is 1020. The maximum Gasteiger partial charge on any atom is 0.341 e. The molecule has 0 bridgehead atoms. The lowest BCUT2D eigenvalue weighted by Crippen LogP contribution is -2.11. The molecule has 0 spiro atoms. The molecule has 0 aliphatic carbocycles. The van der Waals surface area contributed by atoms with E-state index in [4.69, 9.17) is 9.84 Å². The van der Waals surface area contributed by atoms with E-state index in [1.54, 1.807) is 19.1 Å². The number of aromatic nitrogens is 1. The number of nitrogens with zero attached hydrogens (tertiary/aromatic N) is 1. The molecule has 0 fully saturated rings. The number of pyridine rings is 1. The summed E-state index contributed by atoms with van der Waals surface area (Å²) >= 11 is 3.24. The molecular weight excluding hydrogens is 429 g/mol. The van der Waals surface area contributed by atoms with Crippen molar-refractivity contribution in [2.45, 2.75) is 13.3 Å². The summed E-state index contributed by atoms with van der Waals surface area (Å²) in [5, 5.41) is 18.9. The molecule has 0 aliphatic rings. The molecule has 0 amide bonds. The Morgan fingerprint density at radius 1 is 1.21 bits per heavy atom. The second-order valence-electron chi connectivity index (χ2n) is 6.19. The summed E-state index contributed by atoms with van der Waals surface area (Å²) in [6.45, 7) is 1.16. The van der Waals surface area contributed by atoms with Gasteiger partial charge in [-0.2, -0.15) is 0 Å². The van der Waals surface area contributed by atoms with Gasteiger partial charge in [0.05, 0.1) is 4.47 Å². The fourth-order valence-electron chi connectivity index (χ4n) is 2.80. The number of benzene rings is 2. The maximum absolute atomic E-state index is 14.6. The number of carboxylic acid groups (broad SMARTS) is 1. The van der Waals surface area contributed by atoms with E-state index in [1.807, 2.05) is 30.3 Å². The van der Waals surface area contributed by atoms with Crippen LogP contribution in [0.1, 0.15) is 16.8 Å². The van der Waals surface area contributed by atoms with Crippen LogP contribution >= 0.6 is 15.9 Å². The molecule has 5 nitrogen and oxygen atoms in total. The number of aryl methyl sites for hydroxylation is 1. The lowest BCUT2D eigenvalue weighted by molar-refractivity contribution is -0.139. The summed E-state index contributed by atoms with van der Waals surface area (Å²) in [6.07, 6.45) is 0.322. The van der Waals surface area contributed by atoms with Gasteiger partial charge in [0, 0.05) is 17.7 Å². The van der Waals surface area contributed by atoms with Gasteiger partial charge in [0.2, 0.25) is 0 Å². The van der Waals surface area contributed by atoms with Gasteiger partial charge in [-0.3, -0.25) is 0 Å². The van der Waals surface area contributed by atoms with Crippen molar-refractivity contribution < 1.29 is 24.1 Å². The zero-order valence-corrected chi connectivity index (χ0v) is 16.5. The molecule has 3 rings (SSSR count). The van der Waals surface area contributed by atoms with Crippen molar-refractivity contribution in [3.05, 3.63) is 75.6 Å². The van der Waals surface area contributed by atoms with Crippen LogP contribution in [0, 0.1) is 12.7 Å². The smallest absolute Gasteiger partial charge is 0.341 e. The van der Waals surface area contributed by atoms with Gasteiger partial charge in [-0.1, -0.05) is 30.3 Å². The largest absolute Gasteiger partial charge is 0.506 e. The minimum absolute atomic E-state index is 0.0642. The summed E-state index contributed by atoms with van der Waals surface area (Å²) in [5.41, 5.74) is 3.27. The normalized spacial score (nSPS) is 10.7. The average molecular weight is 446 g/mol. The highest BCUT2D eigenvalue weighted by atomic mass is 79.9. The zero-order chi connectivity index (χ0) is 20.3. The van der Waals surface area contributed by atoms with Crippen LogP contribution in [0.15, 0.2) is 53.0 Å². The van der Waals surface area contributed by atoms with E-state index in [-0.39, 0.29) is 16.0 Å². The fourth-order valence-corrected chi connectivity index (χ4v) is 3.45. The minimum Gasteiger partial charge on any atom is -0.506 e. The lowest BCUT2D eigenvalue weighted by Gasteiger charge is -2.14. The number of aromatic hydroxyl groups is 1. The van der Waals surface area contributed by atoms with Gasteiger partial charge in [0.1, 0.15) is 11.4 Å². The van der Waals surface area contributed by atoms with Crippen LogP contribution in [0.4, 0.5) is 4.39 Å². The Labute approximate surface area is 169 Å². The summed E-state index contributed by atoms with van der Waals surface area (Å²) in [5.74, 6) is -1.91. The Morgan fingerprint density at radius 2 is 1.93 bits per heavy atom. The molecule has 1 heterocycles. The molecule has 0 saturated carbocycles. The van der Waals surface area contributed by atoms with Crippen molar-refractivity contribution in [3.8, 4) is 22.8 Å². The van der Waals surface area contributed by atoms with Crippen molar-refractivity contribution >= 4 is 21.9 Å². The highest BCUT2D eigenvalue weighted by Crippen LogP contribution is 2.34. The van der Waals surface area contributed by atoms with E-state index < -0.39 is 18.4 Å². The number of halogens is 2. The third kappa shape index (κ3) is 4.31. The molecule has 28 heavy (non-hydrogen) atoms. The predicted octanol–water partition coefficient (Wildman–Crippen LogP) is 4.72. The molecule has 1 aromatic heterocycles. The first kappa shape index (κ1) is 19.8. The lowest BCUT2D eigenvalue weighted by atomic mass is 10.0. The number of hydrogen-bond donors (Lipinski definition) is 2. The van der Waals surface area contributed by atoms with Gasteiger partial charge in [-0.15, -0.1) is 0 Å². The summed E-state index contributed by atoms with van der Waals surface area (Å²) < 4.78 is 19.8. The van der Waals surface area contributed by atoms with E-state index in [0.29, 0.717) is 23.4 Å². The van der Waals surface area contributed by atoms with E-state index in [1.165, 1.54) is 6.07 Å². The first-order chi connectivity index (χ1) is 13.4. The summed E-state index contributed by atoms with van der Waals surface area (Å²) in [7, 11) is 0. The standard InChI is InChI=1S/C21H17BrFNO4/c1-12-9-17(28-11-18(26)27)20(23)19(22)15(12)10-14-7-8-16(25)21(24-14)13-5-3-2-4-6-13/h2-9,25H,10-11H2,1H3,(H,26,27). The third-order valence-electron chi connectivity index (χ3n) is 4.19. The Kier molecular flexibility index (Phi) is 5.94. The molecule has 0 atom stereocenters. The quantitative estimate of drug-likeness (QED) is 0.573. The van der Waals surface area contributed by atoms with Crippen LogP contribution in [-0.4, -0.2) is 27.8 Å². The molecule has 144 valence electrons. The minimum atomic E-state index is -1.18. The van der Waals surface area contributed by atoms with Gasteiger partial charge >= 0.3 is 5.97 Å². The van der Waals surface area contributed by atoms with Crippen LogP contribution in [-0.2, 0) is 11.2 Å². The van der Waals surface area contributed by atoms with Crippen LogP contribution in [0.2, 0.25) is 0 Å². The van der Waals surface area contributed by atoms with Gasteiger partial charge in [-0.25, -0.2) is 14.2 Å². The van der Waals surface area contributed by atoms with Crippen molar-refractivity contribution in [1.82, 2.24) is 4.98 Å². The monoisotopic (exact) mass is 445 g/mol. The van der Waals surface area contributed by atoms with Gasteiger partial charge in [-0.05, 0) is 52.2 Å². The van der Waals surface area contributed by atoms with Gasteiger partial charge in [0.15, 0.2) is 18.2 Å². The van der Waals surface area contributed by atoms with Crippen LogP contribution in [0.25, 0.3) is 11.3 Å². The van der Waals surface area contributed by atoms with Crippen molar-refractivity contribution in [1.29, 1.82) is 0 Å². The van der Waals surface area contributed by atoms with E-state index >= 15 is 0 Å². The summed E-state index contributed by atoms with van der Waals surface area (Å²) in [4.78, 5) is 15.2. The number of rotatable bonds is 6. The molecule has 0 saturated heterocycles. The number of carboxylic acids is 1. The van der Waals surface area contributed by atoms with E-state index in [2.05, 4.69) is 20.9 Å². The number of aliphatic carboxylic acids is 1. The first-order valence-corrected chi connectivity index (χ1v) is 9.22. The molecule has 2 N–H and O–H groups in total. The molecule has 7 heteroatoms. The van der Waals surface area contributed by atoms with Gasteiger partial charge in [0.25, 0.3) is 0 Å². The summed E-state index contributed by atoms with van der Waals surface area (Å²) in [6, 6.07) is 14.0. The van der Waals surface area contributed by atoms with Crippen molar-refractivity contribution in [2.24, 2.45) is 0 Å². The Balaban J connectivity index is 1.94. The number of ether oxygens (including phenoxy) is 1. The van der Waals surface area contributed by atoms with Crippen molar-refractivity contribution in [2.75, 3.05) is 6.61 Å². The predicted molar refractivity (Wildman–Crippen MR) is 106 cm³/mol. The Morgan fingerprint density at radius 3 is 2.61 bits per heavy atom. The number of hydrogen-bond acceptors (Lipinski definition) is 4. The van der Waals surface area contributed by atoms with Crippen LogP contribution in [0.5, 0.6) is 11.5 Å². The maximum atomic E-state index is 14.6. The van der Waals surface area contributed by atoms with Crippen LogP contribution in [0.3, 0.4) is 0 Å². The molecule has 0 radical (unpaired) electrons. The van der Waals surface area contributed by atoms with Crippen molar-refractivity contribution in [3.63, 3.8) is 0 Å². The second-order valence-corrected chi connectivity index (χ2v) is 6.99. The zero-order valence-electron chi connectivity index (χ0n) is 14.9. The Hall–Kier alpha value is -2.93. The topological polar surface area (TPSA) is 79.7 Å². The highest BCUT2D eigenvalue weighted by molar-refractivity contribution is 9.10. The fraction of sp³-hybridized carbons (Fsp3) is 0.143. The van der Waals surface area contributed by atoms with Gasteiger partial charge < -0.3 is 14.9 Å². The number of carbonyl (C=O) groups is 1. The van der Waals surface area contributed by atoms with E-state index in [0.717, 1.165) is 11.1 Å². The SMILES string of the molecule is Cc1cc(OCC(=O)O)c(F)c(Br)c1Cc1ccc(O)c(-c2ccccc2)n1. The average Bonchev–Trinajstić information content (AvgIpc) is 2.68. The third-order valence-corrected chi connectivity index (χ3v) is 5.01. The highest BCUT2D eigenvalue weighted by Gasteiger charge is 2.18. The molecule has 2 aromatic carbocycles. The first-order valence-electron chi connectivity index (χ1n) is 8.43. The second kappa shape index (κ2) is 8.39. The molecular formula is C21H17BrFNO4. The van der Waals surface area contributed by atoms with E-state index in [9.17, 15) is 14.3 Å². The molecule has 0 aliphatic heterocycles.